The maximum absolute atomic E-state index is 12.1. The molecule has 1 aliphatic rings. The number of carbonyl (C=O) groups is 1. The van der Waals surface area contributed by atoms with Crippen LogP contribution in [-0.4, -0.2) is 24.7 Å². The molecule has 0 saturated carbocycles. The summed E-state index contributed by atoms with van der Waals surface area (Å²) in [6.07, 6.45) is 1.86. The van der Waals surface area contributed by atoms with Crippen molar-refractivity contribution in [2.24, 2.45) is 4.99 Å². The molecule has 3 nitrogen and oxygen atoms in total. The van der Waals surface area contributed by atoms with Crippen molar-refractivity contribution in [1.29, 1.82) is 0 Å². The molecule has 18 heavy (non-hydrogen) atoms. The number of anilines is 1. The lowest BCUT2D eigenvalue weighted by Crippen LogP contribution is -2.32. The molecule has 0 radical (unpaired) electrons. The number of fused-ring (bicyclic) bond motifs is 1. The molecule has 1 amide bonds. The van der Waals surface area contributed by atoms with Crippen molar-refractivity contribution >= 4 is 28.9 Å². The van der Waals surface area contributed by atoms with Crippen LogP contribution in [0.4, 0.5) is 5.69 Å². The van der Waals surface area contributed by atoms with Gasteiger partial charge in [-0.1, -0.05) is 24.9 Å². The number of likely N-dealkylation sites (N-methyl/N-ethyl adjacent to an activating group) is 1. The summed E-state index contributed by atoms with van der Waals surface area (Å²) in [6.45, 7) is 3.94. The van der Waals surface area contributed by atoms with Crippen molar-refractivity contribution in [3.63, 3.8) is 0 Å². The summed E-state index contributed by atoms with van der Waals surface area (Å²) in [6, 6.07) is 5.26. The van der Waals surface area contributed by atoms with E-state index in [9.17, 15) is 4.79 Å². The highest BCUT2D eigenvalue weighted by Gasteiger charge is 2.26. The molecule has 0 aliphatic carbocycles. The molecule has 1 aromatic rings. The Hall–Kier alpha value is -1.35. The average molecular weight is 265 g/mol. The highest BCUT2D eigenvalue weighted by Crippen LogP contribution is 2.29. The minimum Gasteiger partial charge on any atom is -0.313 e. The summed E-state index contributed by atoms with van der Waals surface area (Å²) in [5.41, 5.74) is 2.84. The van der Waals surface area contributed by atoms with E-state index in [0.29, 0.717) is 5.02 Å². The van der Waals surface area contributed by atoms with Crippen LogP contribution in [-0.2, 0) is 4.79 Å². The van der Waals surface area contributed by atoms with Gasteiger partial charge < -0.3 is 4.90 Å². The lowest BCUT2D eigenvalue weighted by atomic mass is 10.0. The van der Waals surface area contributed by atoms with E-state index >= 15 is 0 Å². The van der Waals surface area contributed by atoms with Gasteiger partial charge >= 0.3 is 0 Å². The van der Waals surface area contributed by atoms with Gasteiger partial charge in [-0.25, -0.2) is 0 Å². The van der Waals surface area contributed by atoms with Gasteiger partial charge in [0.2, 0.25) is 0 Å². The van der Waals surface area contributed by atoms with E-state index in [1.807, 2.05) is 25.1 Å². The van der Waals surface area contributed by atoms with Gasteiger partial charge in [-0.15, -0.1) is 0 Å². The summed E-state index contributed by atoms with van der Waals surface area (Å²) in [7, 11) is 1.79. The zero-order valence-electron chi connectivity index (χ0n) is 10.9. The van der Waals surface area contributed by atoms with Gasteiger partial charge in [0, 0.05) is 23.3 Å². The molecule has 1 unspecified atom stereocenters. The number of benzodiazepines with no additional fused rings is 1. The van der Waals surface area contributed by atoms with Gasteiger partial charge in [-0.3, -0.25) is 9.79 Å². The van der Waals surface area contributed by atoms with Gasteiger partial charge in [-0.2, -0.15) is 0 Å². The van der Waals surface area contributed by atoms with E-state index in [2.05, 4.69) is 11.9 Å². The molecule has 4 heteroatoms. The Morgan fingerprint density at radius 3 is 2.83 bits per heavy atom. The molecule has 0 saturated heterocycles. The van der Waals surface area contributed by atoms with Crippen LogP contribution in [0.15, 0.2) is 23.2 Å². The van der Waals surface area contributed by atoms with Crippen LogP contribution >= 0.6 is 11.6 Å². The number of halogens is 1. The van der Waals surface area contributed by atoms with E-state index in [-0.39, 0.29) is 11.9 Å². The van der Waals surface area contributed by atoms with Gasteiger partial charge in [0.15, 0.2) is 0 Å². The standard InChI is InChI=1S/C14H17ClN2O/c1-4-5-12-11-8-10(15)6-7-13(11)17(3)14(18)9(2)16-12/h6-9H,4-5H2,1-3H3. The summed E-state index contributed by atoms with van der Waals surface area (Å²) < 4.78 is 0. The monoisotopic (exact) mass is 264 g/mol. The number of benzene rings is 1. The number of aliphatic imine (C=N–C) groups is 1. The second-order valence-electron chi connectivity index (χ2n) is 4.56. The highest BCUT2D eigenvalue weighted by atomic mass is 35.5. The molecule has 0 fully saturated rings. The topological polar surface area (TPSA) is 32.7 Å². The molecule has 1 aliphatic heterocycles. The van der Waals surface area contributed by atoms with Crippen LogP contribution in [0.3, 0.4) is 0 Å². The Balaban J connectivity index is 2.60. The predicted octanol–water partition coefficient (Wildman–Crippen LogP) is 3.29. The van der Waals surface area contributed by atoms with Crippen LogP contribution in [0.1, 0.15) is 32.3 Å². The molecule has 0 aromatic heterocycles. The van der Waals surface area contributed by atoms with Gasteiger partial charge in [0.05, 0.1) is 5.69 Å². The zero-order chi connectivity index (χ0) is 13.3. The Morgan fingerprint density at radius 1 is 1.44 bits per heavy atom. The SMILES string of the molecule is CCCC1=NC(C)C(=O)N(C)c2ccc(Cl)cc21. The number of carbonyl (C=O) groups excluding carboxylic acids is 1. The van der Waals surface area contributed by atoms with E-state index < -0.39 is 0 Å². The first-order valence-electron chi connectivity index (χ1n) is 6.18. The molecule has 0 bridgehead atoms. The second-order valence-corrected chi connectivity index (χ2v) is 5.00. The van der Waals surface area contributed by atoms with Crippen LogP contribution < -0.4 is 4.90 Å². The maximum Gasteiger partial charge on any atom is 0.251 e. The van der Waals surface area contributed by atoms with Crippen LogP contribution in [0.2, 0.25) is 5.02 Å². The smallest absolute Gasteiger partial charge is 0.251 e. The molecule has 1 aromatic carbocycles. The molecular formula is C14H17ClN2O. The molecule has 96 valence electrons. The molecule has 0 spiro atoms. The van der Waals surface area contributed by atoms with Crippen LogP contribution in [0, 0.1) is 0 Å². The van der Waals surface area contributed by atoms with Crippen LogP contribution in [0.5, 0.6) is 0 Å². The van der Waals surface area contributed by atoms with Crippen molar-refractivity contribution in [2.45, 2.75) is 32.7 Å². The number of nitrogens with zero attached hydrogens (tertiary/aromatic N) is 2. The van der Waals surface area contributed by atoms with Gasteiger partial charge in [0.25, 0.3) is 5.91 Å². The summed E-state index contributed by atoms with van der Waals surface area (Å²) >= 11 is 6.06. The number of hydrogen-bond acceptors (Lipinski definition) is 2. The van der Waals surface area contributed by atoms with Crippen molar-refractivity contribution in [2.75, 3.05) is 11.9 Å². The minimum atomic E-state index is -0.331. The molecule has 1 atom stereocenters. The van der Waals surface area contributed by atoms with Crippen molar-refractivity contribution < 1.29 is 4.79 Å². The lowest BCUT2D eigenvalue weighted by molar-refractivity contribution is -0.119. The van der Waals surface area contributed by atoms with Gasteiger partial charge in [0.1, 0.15) is 6.04 Å². The number of rotatable bonds is 2. The predicted molar refractivity (Wildman–Crippen MR) is 75.8 cm³/mol. The Bertz CT molecular complexity index is 511. The first kappa shape index (κ1) is 13.1. The third-order valence-electron chi connectivity index (χ3n) is 3.16. The van der Waals surface area contributed by atoms with Crippen molar-refractivity contribution in [1.82, 2.24) is 0 Å². The summed E-state index contributed by atoms with van der Waals surface area (Å²) in [4.78, 5) is 18.3. The number of amides is 1. The largest absolute Gasteiger partial charge is 0.313 e. The fourth-order valence-electron chi connectivity index (χ4n) is 2.23. The highest BCUT2D eigenvalue weighted by molar-refractivity contribution is 6.31. The van der Waals surface area contributed by atoms with Crippen molar-refractivity contribution in [3.8, 4) is 0 Å². The summed E-state index contributed by atoms with van der Waals surface area (Å²) in [5.74, 6) is 0.0182. The van der Waals surface area contributed by atoms with E-state index in [0.717, 1.165) is 29.8 Å². The van der Waals surface area contributed by atoms with E-state index in [1.165, 1.54) is 0 Å². The molecule has 1 heterocycles. The van der Waals surface area contributed by atoms with Gasteiger partial charge in [-0.05, 0) is 31.5 Å². The average Bonchev–Trinajstić information content (AvgIpc) is 2.43. The maximum atomic E-state index is 12.1. The first-order chi connectivity index (χ1) is 8.54. The zero-order valence-corrected chi connectivity index (χ0v) is 11.7. The molecule has 2 rings (SSSR count). The molecule has 0 N–H and O–H groups in total. The number of hydrogen-bond donors (Lipinski definition) is 0. The normalized spacial score (nSPS) is 19.3. The van der Waals surface area contributed by atoms with Crippen molar-refractivity contribution in [3.05, 3.63) is 28.8 Å². The van der Waals surface area contributed by atoms with E-state index in [1.54, 1.807) is 11.9 Å². The summed E-state index contributed by atoms with van der Waals surface area (Å²) in [5, 5.41) is 0.674. The van der Waals surface area contributed by atoms with E-state index in [4.69, 9.17) is 11.6 Å². The third-order valence-corrected chi connectivity index (χ3v) is 3.39. The first-order valence-corrected chi connectivity index (χ1v) is 6.56. The fourth-order valence-corrected chi connectivity index (χ4v) is 2.40. The Labute approximate surface area is 112 Å². The molecular weight excluding hydrogens is 248 g/mol. The Morgan fingerprint density at radius 2 is 2.17 bits per heavy atom. The third kappa shape index (κ3) is 2.27. The fraction of sp³-hybridized carbons (Fsp3) is 0.429. The Kier molecular flexibility index (Phi) is 3.71. The second kappa shape index (κ2) is 5.11. The minimum absolute atomic E-state index is 0.0182. The quantitative estimate of drug-likeness (QED) is 0.807. The van der Waals surface area contributed by atoms with Crippen LogP contribution in [0.25, 0.3) is 0 Å². The lowest BCUT2D eigenvalue weighted by Gasteiger charge is -2.19.